The van der Waals surface area contributed by atoms with E-state index in [1.54, 1.807) is 13.3 Å². The lowest BCUT2D eigenvalue weighted by Gasteiger charge is -2.13. The molecule has 0 saturated carbocycles. The Labute approximate surface area is 84.7 Å². The minimum absolute atomic E-state index is 0.00769. The maximum atomic E-state index is 5.32. The summed E-state index contributed by atoms with van der Waals surface area (Å²) >= 11 is 0. The van der Waals surface area contributed by atoms with Gasteiger partial charge in [-0.15, -0.1) is 0 Å². The highest BCUT2D eigenvalue weighted by Crippen LogP contribution is 2.18. The van der Waals surface area contributed by atoms with E-state index in [9.17, 15) is 0 Å². The molecule has 0 saturated heterocycles. The second-order valence-electron chi connectivity index (χ2n) is 3.06. The molecule has 0 fully saturated rings. The van der Waals surface area contributed by atoms with Crippen LogP contribution in [0.25, 0.3) is 0 Å². The first-order valence-corrected chi connectivity index (χ1v) is 4.85. The second kappa shape index (κ2) is 5.54. The monoisotopic (exact) mass is 195 g/mol. The number of ether oxygens (including phenoxy) is 1. The number of methoxy groups -OCH3 is 1. The van der Waals surface area contributed by atoms with Gasteiger partial charge in [0.2, 0.25) is 0 Å². The molecule has 1 unspecified atom stereocenters. The molecule has 1 atom stereocenters. The van der Waals surface area contributed by atoms with Crippen molar-refractivity contribution in [1.82, 2.24) is 9.97 Å². The highest BCUT2D eigenvalue weighted by molar-refractivity contribution is 5.31. The largest absolute Gasteiger partial charge is 0.373 e. The summed E-state index contributed by atoms with van der Waals surface area (Å²) in [7, 11) is 3.53. The van der Waals surface area contributed by atoms with Gasteiger partial charge in [0.15, 0.2) is 5.82 Å². The van der Waals surface area contributed by atoms with Gasteiger partial charge in [0.1, 0.15) is 11.9 Å². The molecule has 0 aliphatic carbocycles. The molecule has 0 radical (unpaired) electrons. The van der Waals surface area contributed by atoms with E-state index >= 15 is 0 Å². The smallest absolute Gasteiger partial charge is 0.159 e. The number of anilines is 1. The van der Waals surface area contributed by atoms with E-state index in [4.69, 9.17) is 4.74 Å². The lowest BCUT2D eigenvalue weighted by atomic mass is 10.2. The van der Waals surface area contributed by atoms with Gasteiger partial charge < -0.3 is 10.1 Å². The Morgan fingerprint density at radius 3 is 2.93 bits per heavy atom. The molecule has 14 heavy (non-hydrogen) atoms. The van der Waals surface area contributed by atoms with Gasteiger partial charge in [-0.3, -0.25) is 0 Å². The van der Waals surface area contributed by atoms with Crippen molar-refractivity contribution in [2.24, 2.45) is 0 Å². The number of hydrogen-bond donors (Lipinski definition) is 1. The van der Waals surface area contributed by atoms with Crippen LogP contribution in [-0.4, -0.2) is 24.1 Å². The van der Waals surface area contributed by atoms with Crippen molar-refractivity contribution >= 4 is 5.82 Å². The first-order chi connectivity index (χ1) is 6.81. The summed E-state index contributed by atoms with van der Waals surface area (Å²) in [6.45, 7) is 2.12. The normalized spacial score (nSPS) is 12.5. The molecule has 78 valence electrons. The van der Waals surface area contributed by atoms with Crippen molar-refractivity contribution in [3.8, 4) is 0 Å². The third-order valence-corrected chi connectivity index (χ3v) is 2.05. The van der Waals surface area contributed by atoms with Crippen molar-refractivity contribution in [3.63, 3.8) is 0 Å². The van der Waals surface area contributed by atoms with Gasteiger partial charge in [-0.1, -0.05) is 13.3 Å². The maximum Gasteiger partial charge on any atom is 0.159 e. The summed E-state index contributed by atoms with van der Waals surface area (Å²) in [5.41, 5.74) is 0. The Kier molecular flexibility index (Phi) is 4.32. The van der Waals surface area contributed by atoms with E-state index in [0.29, 0.717) is 0 Å². The molecule has 1 N–H and O–H groups in total. The highest BCUT2D eigenvalue weighted by Gasteiger charge is 2.12. The average Bonchev–Trinajstić information content (AvgIpc) is 2.26. The van der Waals surface area contributed by atoms with Gasteiger partial charge in [-0.2, -0.15) is 0 Å². The Morgan fingerprint density at radius 2 is 2.36 bits per heavy atom. The Bertz CT molecular complexity index is 278. The first-order valence-electron chi connectivity index (χ1n) is 4.85. The van der Waals surface area contributed by atoms with Gasteiger partial charge in [-0.25, -0.2) is 9.97 Å². The molecule has 0 aromatic carbocycles. The molecule has 0 amide bonds. The number of hydrogen-bond acceptors (Lipinski definition) is 4. The van der Waals surface area contributed by atoms with Crippen LogP contribution in [0.2, 0.25) is 0 Å². The third-order valence-electron chi connectivity index (χ3n) is 2.05. The van der Waals surface area contributed by atoms with E-state index in [-0.39, 0.29) is 6.10 Å². The van der Waals surface area contributed by atoms with Crippen LogP contribution in [0.1, 0.15) is 31.7 Å². The van der Waals surface area contributed by atoms with Crippen LogP contribution in [0, 0.1) is 0 Å². The van der Waals surface area contributed by atoms with Crippen LogP contribution in [0.3, 0.4) is 0 Å². The molecule has 0 aliphatic rings. The molecule has 4 nitrogen and oxygen atoms in total. The Balaban J connectivity index is 2.80. The quantitative estimate of drug-likeness (QED) is 0.780. The van der Waals surface area contributed by atoms with Crippen molar-refractivity contribution in [2.75, 3.05) is 19.5 Å². The summed E-state index contributed by atoms with van der Waals surface area (Å²) in [6, 6.07) is 1.84. The molecular formula is C10H17N3O. The maximum absolute atomic E-state index is 5.32. The number of rotatable bonds is 5. The van der Waals surface area contributed by atoms with E-state index in [1.165, 1.54) is 0 Å². The highest BCUT2D eigenvalue weighted by atomic mass is 16.5. The molecule has 0 spiro atoms. The van der Waals surface area contributed by atoms with E-state index in [0.717, 1.165) is 24.5 Å². The zero-order chi connectivity index (χ0) is 10.4. The number of nitrogens with zero attached hydrogens (tertiary/aromatic N) is 2. The summed E-state index contributed by atoms with van der Waals surface area (Å²) in [6.07, 6.45) is 3.76. The third kappa shape index (κ3) is 2.67. The first kappa shape index (κ1) is 10.9. The summed E-state index contributed by atoms with van der Waals surface area (Å²) < 4.78 is 5.32. The predicted molar refractivity (Wildman–Crippen MR) is 56.2 cm³/mol. The van der Waals surface area contributed by atoms with Crippen LogP contribution >= 0.6 is 0 Å². The molecule has 1 aromatic rings. The van der Waals surface area contributed by atoms with Gasteiger partial charge in [0.25, 0.3) is 0 Å². The van der Waals surface area contributed by atoms with E-state index in [1.807, 2.05) is 13.1 Å². The summed E-state index contributed by atoms with van der Waals surface area (Å²) in [4.78, 5) is 8.53. The minimum atomic E-state index is 0.00769. The van der Waals surface area contributed by atoms with Crippen LogP contribution in [0.5, 0.6) is 0 Å². The molecule has 1 rings (SSSR count). The zero-order valence-corrected chi connectivity index (χ0v) is 8.95. The van der Waals surface area contributed by atoms with Crippen molar-refractivity contribution < 1.29 is 4.74 Å². The number of nitrogens with one attached hydrogen (secondary N) is 1. The van der Waals surface area contributed by atoms with Crippen LogP contribution in [-0.2, 0) is 4.74 Å². The molecule has 0 aliphatic heterocycles. The average molecular weight is 195 g/mol. The van der Waals surface area contributed by atoms with Crippen LogP contribution in [0.4, 0.5) is 5.82 Å². The predicted octanol–water partition coefficient (Wildman–Crippen LogP) is 2.01. The van der Waals surface area contributed by atoms with E-state index < -0.39 is 0 Å². The van der Waals surface area contributed by atoms with Gasteiger partial charge in [-0.05, 0) is 12.5 Å². The van der Waals surface area contributed by atoms with Crippen molar-refractivity contribution in [1.29, 1.82) is 0 Å². The fourth-order valence-electron chi connectivity index (χ4n) is 1.28. The topological polar surface area (TPSA) is 47.0 Å². The lowest BCUT2D eigenvalue weighted by molar-refractivity contribution is 0.0877. The molecule has 4 heteroatoms. The fourth-order valence-corrected chi connectivity index (χ4v) is 1.28. The van der Waals surface area contributed by atoms with Gasteiger partial charge in [0.05, 0.1) is 0 Å². The van der Waals surface area contributed by atoms with E-state index in [2.05, 4.69) is 22.2 Å². The standard InChI is InChI=1S/C10H17N3O/c1-4-5-8(14-3)10-12-7-6-9(11-2)13-10/h6-8H,4-5H2,1-3H3,(H,11,12,13). The molecule has 1 aromatic heterocycles. The number of aromatic nitrogens is 2. The summed E-state index contributed by atoms with van der Waals surface area (Å²) in [5, 5.41) is 2.98. The van der Waals surface area contributed by atoms with Crippen molar-refractivity contribution in [2.45, 2.75) is 25.9 Å². The zero-order valence-electron chi connectivity index (χ0n) is 8.95. The Hall–Kier alpha value is -1.16. The molecule has 0 bridgehead atoms. The fraction of sp³-hybridized carbons (Fsp3) is 0.600. The lowest BCUT2D eigenvalue weighted by Crippen LogP contribution is -2.07. The van der Waals surface area contributed by atoms with Crippen LogP contribution in [0.15, 0.2) is 12.3 Å². The van der Waals surface area contributed by atoms with Crippen molar-refractivity contribution in [3.05, 3.63) is 18.1 Å². The van der Waals surface area contributed by atoms with Crippen LogP contribution < -0.4 is 5.32 Å². The minimum Gasteiger partial charge on any atom is -0.373 e. The summed E-state index contributed by atoms with van der Waals surface area (Å²) in [5.74, 6) is 1.58. The second-order valence-corrected chi connectivity index (χ2v) is 3.06. The van der Waals surface area contributed by atoms with Gasteiger partial charge >= 0.3 is 0 Å². The van der Waals surface area contributed by atoms with Gasteiger partial charge in [0, 0.05) is 20.4 Å². The molecular weight excluding hydrogens is 178 g/mol. The SMILES string of the molecule is CCCC(OC)c1nccc(NC)n1. The molecule has 1 heterocycles. The Morgan fingerprint density at radius 1 is 1.57 bits per heavy atom.